The highest BCUT2D eigenvalue weighted by Crippen LogP contribution is 2.13. The van der Waals surface area contributed by atoms with Crippen molar-refractivity contribution in [2.24, 2.45) is 0 Å². The lowest BCUT2D eigenvalue weighted by Crippen LogP contribution is -2.19. The number of aromatic nitrogens is 1. The van der Waals surface area contributed by atoms with E-state index in [1.165, 1.54) is 5.56 Å². The maximum absolute atomic E-state index is 8.85. The summed E-state index contributed by atoms with van der Waals surface area (Å²) in [6.07, 6.45) is 1.81. The number of hydrogen-bond donors (Lipinski definition) is 1. The van der Waals surface area contributed by atoms with Crippen LogP contribution < -0.4 is 5.32 Å². The number of pyridine rings is 1. The fourth-order valence-electron chi connectivity index (χ4n) is 1.96. The molecule has 2 rings (SSSR count). The number of nitriles is 1. The van der Waals surface area contributed by atoms with Crippen LogP contribution in [0.1, 0.15) is 35.3 Å². The van der Waals surface area contributed by atoms with E-state index >= 15 is 0 Å². The first-order chi connectivity index (χ1) is 9.20. The largest absolute Gasteiger partial charge is 0.305 e. The van der Waals surface area contributed by atoms with E-state index in [0.717, 1.165) is 17.8 Å². The Labute approximate surface area is 113 Å². The Morgan fingerprint density at radius 3 is 2.79 bits per heavy atom. The quantitative estimate of drug-likeness (QED) is 0.908. The molecule has 0 saturated heterocycles. The van der Waals surface area contributed by atoms with Crippen molar-refractivity contribution < 1.29 is 0 Å². The molecule has 0 fully saturated rings. The maximum atomic E-state index is 8.85. The topological polar surface area (TPSA) is 48.7 Å². The number of hydrogen-bond acceptors (Lipinski definition) is 3. The van der Waals surface area contributed by atoms with Gasteiger partial charge in [-0.2, -0.15) is 5.26 Å². The van der Waals surface area contributed by atoms with Gasteiger partial charge in [-0.1, -0.05) is 12.1 Å². The lowest BCUT2D eigenvalue weighted by Gasteiger charge is -2.14. The van der Waals surface area contributed by atoms with Gasteiger partial charge in [0.1, 0.15) is 0 Å². The van der Waals surface area contributed by atoms with Gasteiger partial charge in [0, 0.05) is 18.8 Å². The van der Waals surface area contributed by atoms with Crippen molar-refractivity contribution in [2.75, 3.05) is 0 Å². The molecule has 1 aromatic heterocycles. The summed E-state index contributed by atoms with van der Waals surface area (Å²) >= 11 is 0. The molecule has 19 heavy (non-hydrogen) atoms. The Balaban J connectivity index is 2.01. The molecule has 0 bridgehead atoms. The van der Waals surface area contributed by atoms with Gasteiger partial charge in [-0.25, -0.2) is 0 Å². The van der Waals surface area contributed by atoms with E-state index < -0.39 is 0 Å². The van der Waals surface area contributed by atoms with Gasteiger partial charge in [-0.3, -0.25) is 4.98 Å². The van der Waals surface area contributed by atoms with Gasteiger partial charge >= 0.3 is 0 Å². The molecule has 1 atom stereocenters. The van der Waals surface area contributed by atoms with Crippen LogP contribution in [-0.2, 0) is 6.54 Å². The van der Waals surface area contributed by atoms with Crippen LogP contribution in [0.5, 0.6) is 0 Å². The van der Waals surface area contributed by atoms with Gasteiger partial charge in [0.2, 0.25) is 0 Å². The van der Waals surface area contributed by atoms with E-state index in [2.05, 4.69) is 23.3 Å². The van der Waals surface area contributed by atoms with E-state index in [0.29, 0.717) is 5.56 Å². The third-order valence-electron chi connectivity index (χ3n) is 3.20. The van der Waals surface area contributed by atoms with Gasteiger partial charge in [0.25, 0.3) is 0 Å². The van der Waals surface area contributed by atoms with Gasteiger partial charge in [-0.05, 0) is 49.2 Å². The molecule has 0 amide bonds. The second-order valence-corrected chi connectivity index (χ2v) is 4.61. The van der Waals surface area contributed by atoms with E-state index in [1.807, 2.05) is 43.3 Å². The molecule has 0 aliphatic carbocycles. The third kappa shape index (κ3) is 3.40. The molecule has 3 nitrogen and oxygen atoms in total. The maximum Gasteiger partial charge on any atom is 0.0991 e. The van der Waals surface area contributed by atoms with Crippen molar-refractivity contribution in [3.63, 3.8) is 0 Å². The van der Waals surface area contributed by atoms with E-state index in [-0.39, 0.29) is 6.04 Å². The zero-order chi connectivity index (χ0) is 13.7. The molecular weight excluding hydrogens is 234 g/mol. The highest BCUT2D eigenvalue weighted by molar-refractivity contribution is 5.37. The normalized spacial score (nSPS) is 11.8. The standard InChI is InChI=1S/C16H17N3/c1-12-9-14(10-17)6-7-15(12)11-19-13(2)16-5-3-4-8-18-16/h3-9,13,19H,11H2,1-2H3/t13-/m0/s1. The zero-order valence-electron chi connectivity index (χ0n) is 11.2. The Morgan fingerprint density at radius 1 is 1.32 bits per heavy atom. The molecule has 1 heterocycles. The number of nitrogens with one attached hydrogen (secondary N) is 1. The molecule has 3 heteroatoms. The summed E-state index contributed by atoms with van der Waals surface area (Å²) < 4.78 is 0. The third-order valence-corrected chi connectivity index (χ3v) is 3.20. The Kier molecular flexibility index (Phi) is 4.27. The summed E-state index contributed by atoms with van der Waals surface area (Å²) in [4.78, 5) is 4.34. The minimum atomic E-state index is 0.205. The molecule has 0 aliphatic heterocycles. The number of rotatable bonds is 4. The first kappa shape index (κ1) is 13.3. The van der Waals surface area contributed by atoms with Crippen molar-refractivity contribution >= 4 is 0 Å². The average Bonchev–Trinajstić information content (AvgIpc) is 2.46. The lowest BCUT2D eigenvalue weighted by molar-refractivity contribution is 0.560. The van der Waals surface area contributed by atoms with Crippen LogP contribution in [0.4, 0.5) is 0 Å². The van der Waals surface area contributed by atoms with Crippen LogP contribution in [-0.4, -0.2) is 4.98 Å². The van der Waals surface area contributed by atoms with Crippen molar-refractivity contribution in [3.8, 4) is 6.07 Å². The van der Waals surface area contributed by atoms with E-state index in [1.54, 1.807) is 6.20 Å². The van der Waals surface area contributed by atoms with E-state index in [9.17, 15) is 0 Å². The Bertz CT molecular complexity index is 585. The molecule has 96 valence electrons. The summed E-state index contributed by atoms with van der Waals surface area (Å²) in [6, 6.07) is 14.1. The van der Waals surface area contributed by atoms with Gasteiger partial charge in [0.05, 0.1) is 17.3 Å². The highest BCUT2D eigenvalue weighted by Gasteiger charge is 2.06. The first-order valence-electron chi connectivity index (χ1n) is 6.34. The summed E-state index contributed by atoms with van der Waals surface area (Å²) in [5.74, 6) is 0. The second-order valence-electron chi connectivity index (χ2n) is 4.61. The van der Waals surface area contributed by atoms with Crippen molar-refractivity contribution in [2.45, 2.75) is 26.4 Å². The minimum Gasteiger partial charge on any atom is -0.305 e. The van der Waals surface area contributed by atoms with Gasteiger partial charge in [-0.15, -0.1) is 0 Å². The van der Waals surface area contributed by atoms with Crippen molar-refractivity contribution in [1.29, 1.82) is 5.26 Å². The smallest absolute Gasteiger partial charge is 0.0991 e. The second kappa shape index (κ2) is 6.12. The van der Waals surface area contributed by atoms with Crippen LogP contribution in [0.2, 0.25) is 0 Å². The van der Waals surface area contributed by atoms with Crippen LogP contribution in [0.3, 0.4) is 0 Å². The van der Waals surface area contributed by atoms with E-state index in [4.69, 9.17) is 5.26 Å². The molecule has 2 aromatic rings. The summed E-state index contributed by atoms with van der Waals surface area (Å²) in [5.41, 5.74) is 4.09. The predicted molar refractivity (Wildman–Crippen MR) is 75.4 cm³/mol. The molecule has 0 saturated carbocycles. The molecular formula is C16H17N3. The predicted octanol–water partition coefficient (Wildman–Crippen LogP) is 3.11. The van der Waals surface area contributed by atoms with Gasteiger partial charge < -0.3 is 5.32 Å². The molecule has 1 N–H and O–H groups in total. The van der Waals surface area contributed by atoms with Crippen molar-refractivity contribution in [1.82, 2.24) is 10.3 Å². The molecule has 0 aliphatic rings. The SMILES string of the molecule is Cc1cc(C#N)ccc1CN[C@@H](C)c1ccccn1. The molecule has 0 radical (unpaired) electrons. The lowest BCUT2D eigenvalue weighted by atomic mass is 10.1. The molecule has 0 unspecified atom stereocenters. The van der Waals surface area contributed by atoms with Crippen LogP contribution >= 0.6 is 0 Å². The first-order valence-corrected chi connectivity index (χ1v) is 6.34. The number of benzene rings is 1. The Morgan fingerprint density at radius 2 is 2.16 bits per heavy atom. The van der Waals surface area contributed by atoms with Crippen molar-refractivity contribution in [3.05, 3.63) is 65.0 Å². The summed E-state index contributed by atoms with van der Waals surface area (Å²) in [7, 11) is 0. The summed E-state index contributed by atoms with van der Waals surface area (Å²) in [6.45, 7) is 4.90. The average molecular weight is 251 g/mol. The fraction of sp³-hybridized carbons (Fsp3) is 0.250. The zero-order valence-corrected chi connectivity index (χ0v) is 11.2. The minimum absolute atomic E-state index is 0.205. The van der Waals surface area contributed by atoms with Crippen LogP contribution in [0.25, 0.3) is 0 Å². The highest BCUT2D eigenvalue weighted by atomic mass is 14.9. The number of aryl methyl sites for hydroxylation is 1. The summed E-state index contributed by atoms with van der Waals surface area (Å²) in [5, 5.41) is 12.3. The fourth-order valence-corrected chi connectivity index (χ4v) is 1.96. The monoisotopic (exact) mass is 251 g/mol. The molecule has 1 aromatic carbocycles. The molecule has 0 spiro atoms. The van der Waals surface area contributed by atoms with Gasteiger partial charge in [0.15, 0.2) is 0 Å². The van der Waals surface area contributed by atoms with Crippen LogP contribution in [0, 0.1) is 18.3 Å². The Hall–Kier alpha value is -2.18. The number of nitrogens with zero attached hydrogens (tertiary/aromatic N) is 2. The van der Waals surface area contributed by atoms with Crippen LogP contribution in [0.15, 0.2) is 42.6 Å².